The molecular weight excluding hydrogens is 552 g/mol. The molecule has 3 heterocycles. The first kappa shape index (κ1) is 28.1. The van der Waals surface area contributed by atoms with Crippen molar-refractivity contribution in [3.63, 3.8) is 0 Å². The highest BCUT2D eigenvalue weighted by molar-refractivity contribution is 5.73. The lowest BCUT2D eigenvalue weighted by atomic mass is 9.86. The average Bonchev–Trinajstić information content (AvgIpc) is 3.38. The Hall–Kier alpha value is -4.07. The minimum Gasteiger partial charge on any atom is -0.493 e. The number of carboxylic acids is 1. The molecule has 0 aromatic heterocycles. The Morgan fingerprint density at radius 1 is 0.857 bits per heavy atom. The van der Waals surface area contributed by atoms with Crippen molar-refractivity contribution in [1.29, 1.82) is 0 Å². The summed E-state index contributed by atoms with van der Waals surface area (Å²) < 4.78 is 34.6. The van der Waals surface area contributed by atoms with Crippen LogP contribution in [0.1, 0.15) is 34.3 Å². The average molecular weight is 583 g/mol. The maximum atomic E-state index is 11.6. The van der Waals surface area contributed by atoms with Gasteiger partial charge in [0.25, 0.3) is 0 Å². The second-order valence-corrected chi connectivity index (χ2v) is 10.3. The van der Waals surface area contributed by atoms with Crippen molar-refractivity contribution < 1.29 is 58.7 Å². The number of fused-ring (bicyclic) bond motifs is 5. The van der Waals surface area contributed by atoms with Gasteiger partial charge in [0.15, 0.2) is 17.6 Å². The molecule has 5 N–H and O–H groups in total. The molecule has 3 aromatic rings. The Labute approximate surface area is 240 Å². The molecule has 0 unspecified atom stereocenters. The molecule has 3 aromatic carbocycles. The molecule has 12 heteroatoms. The molecule has 6 rings (SSSR count). The number of methoxy groups -OCH3 is 2. The van der Waals surface area contributed by atoms with E-state index in [-0.39, 0.29) is 11.5 Å². The van der Waals surface area contributed by atoms with Gasteiger partial charge < -0.3 is 54.0 Å². The van der Waals surface area contributed by atoms with Crippen molar-refractivity contribution >= 4 is 5.97 Å². The summed E-state index contributed by atoms with van der Waals surface area (Å²) in [5.74, 6) is -0.445. The van der Waals surface area contributed by atoms with E-state index in [0.717, 1.165) is 5.56 Å². The molecule has 0 amide bonds. The minimum atomic E-state index is -1.86. The topological polar surface area (TPSA) is 174 Å². The summed E-state index contributed by atoms with van der Waals surface area (Å²) in [5, 5.41) is 51.5. The van der Waals surface area contributed by atoms with Crippen molar-refractivity contribution in [2.24, 2.45) is 0 Å². The van der Waals surface area contributed by atoms with Gasteiger partial charge in [0.2, 0.25) is 18.3 Å². The monoisotopic (exact) mass is 582 g/mol. The van der Waals surface area contributed by atoms with Crippen molar-refractivity contribution in [2.75, 3.05) is 14.2 Å². The SMILES string of the molecule is COc1ccc2c(c1OC)O[C@H]1c3cc(Cc4ccccc4)c(O[C@@H]4O[C@H](C(=O)O)[C@@H](O)[C@H](O)[C@H]4O)cc3O[C@H](O)[C@@H]21. The van der Waals surface area contributed by atoms with Crippen LogP contribution in [0.5, 0.6) is 28.7 Å². The number of carbonyl (C=O) groups is 1. The van der Waals surface area contributed by atoms with Gasteiger partial charge in [-0.15, -0.1) is 0 Å². The number of hydrogen-bond acceptors (Lipinski definition) is 11. The number of hydrogen-bond donors (Lipinski definition) is 5. The number of ether oxygens (including phenoxy) is 6. The van der Waals surface area contributed by atoms with E-state index in [4.69, 9.17) is 28.4 Å². The molecular formula is C30H30O12. The number of benzene rings is 3. The van der Waals surface area contributed by atoms with Gasteiger partial charge >= 0.3 is 5.97 Å². The van der Waals surface area contributed by atoms with E-state index < -0.39 is 55.0 Å². The van der Waals surface area contributed by atoms with Crippen molar-refractivity contribution in [3.05, 3.63) is 76.9 Å². The fourth-order valence-electron chi connectivity index (χ4n) is 5.71. The van der Waals surface area contributed by atoms with E-state index in [1.165, 1.54) is 20.3 Å². The summed E-state index contributed by atoms with van der Waals surface area (Å²) in [4.78, 5) is 11.6. The van der Waals surface area contributed by atoms with Crippen LogP contribution >= 0.6 is 0 Å². The van der Waals surface area contributed by atoms with Gasteiger partial charge in [-0.05, 0) is 23.3 Å². The highest BCUT2D eigenvalue weighted by Crippen LogP contribution is 2.58. The second kappa shape index (κ2) is 11.0. The first-order valence-electron chi connectivity index (χ1n) is 13.3. The van der Waals surface area contributed by atoms with Gasteiger partial charge in [-0.25, -0.2) is 4.79 Å². The van der Waals surface area contributed by atoms with E-state index in [0.29, 0.717) is 40.4 Å². The lowest BCUT2D eigenvalue weighted by Gasteiger charge is -2.39. The fraction of sp³-hybridized carbons (Fsp3) is 0.367. The molecule has 8 atom stereocenters. The fourth-order valence-corrected chi connectivity index (χ4v) is 5.71. The lowest BCUT2D eigenvalue weighted by molar-refractivity contribution is -0.271. The number of aliphatic carboxylic acids is 1. The predicted octanol–water partition coefficient (Wildman–Crippen LogP) is 1.49. The van der Waals surface area contributed by atoms with Gasteiger partial charge in [0.1, 0.15) is 35.9 Å². The Balaban J connectivity index is 1.41. The van der Waals surface area contributed by atoms with Crippen LogP contribution in [0.2, 0.25) is 0 Å². The zero-order chi connectivity index (χ0) is 29.7. The normalized spacial score (nSPS) is 29.3. The Bertz CT molecular complexity index is 1480. The van der Waals surface area contributed by atoms with Gasteiger partial charge in [0, 0.05) is 23.6 Å². The van der Waals surface area contributed by atoms with Crippen LogP contribution in [-0.4, -0.2) is 82.7 Å². The van der Waals surface area contributed by atoms with Crippen LogP contribution < -0.4 is 23.7 Å². The smallest absolute Gasteiger partial charge is 0.335 e. The summed E-state index contributed by atoms with van der Waals surface area (Å²) in [6, 6.07) is 16.3. The summed E-state index contributed by atoms with van der Waals surface area (Å²) in [6.45, 7) is 0. The third kappa shape index (κ3) is 4.67. The first-order chi connectivity index (χ1) is 20.2. The van der Waals surface area contributed by atoms with E-state index >= 15 is 0 Å². The van der Waals surface area contributed by atoms with Crippen LogP contribution in [0.15, 0.2) is 54.6 Å². The molecule has 0 radical (unpaired) electrons. The van der Waals surface area contributed by atoms with Crippen molar-refractivity contribution in [1.82, 2.24) is 0 Å². The van der Waals surface area contributed by atoms with Gasteiger partial charge in [-0.3, -0.25) is 0 Å². The van der Waals surface area contributed by atoms with E-state index in [9.17, 15) is 30.3 Å². The molecule has 42 heavy (non-hydrogen) atoms. The summed E-state index contributed by atoms with van der Waals surface area (Å²) >= 11 is 0. The molecule has 0 bridgehead atoms. The largest absolute Gasteiger partial charge is 0.493 e. The highest BCUT2D eigenvalue weighted by Gasteiger charge is 2.50. The van der Waals surface area contributed by atoms with E-state index in [1.807, 2.05) is 30.3 Å². The Morgan fingerprint density at radius 2 is 1.62 bits per heavy atom. The molecule has 12 nitrogen and oxygen atoms in total. The van der Waals surface area contributed by atoms with E-state index in [2.05, 4.69) is 0 Å². The molecule has 0 aliphatic carbocycles. The van der Waals surface area contributed by atoms with Gasteiger partial charge in [-0.2, -0.15) is 0 Å². The number of carboxylic acid groups (broad SMARTS) is 1. The third-order valence-corrected chi connectivity index (χ3v) is 7.81. The summed E-state index contributed by atoms with van der Waals surface area (Å²) in [7, 11) is 3.01. The molecule has 3 aliphatic heterocycles. The number of aliphatic hydroxyl groups excluding tert-OH is 4. The maximum Gasteiger partial charge on any atom is 0.335 e. The zero-order valence-electron chi connectivity index (χ0n) is 22.6. The molecule has 0 saturated carbocycles. The highest BCUT2D eigenvalue weighted by atomic mass is 16.7. The summed E-state index contributed by atoms with van der Waals surface area (Å²) in [6.07, 6.45) is -10.5. The molecule has 222 valence electrons. The minimum absolute atomic E-state index is 0.148. The Kier molecular flexibility index (Phi) is 7.33. The standard InChI is InChI=1S/C30H30O12/c1-37-17-9-8-15-20-24(41-25(15)26(17)38-2)16-11-14(10-13-6-4-3-5-7-13)18(12-19(16)39-29(20)36)40-30-23(33)21(31)22(32)27(42-30)28(34)35/h3-9,11-12,20-24,27,29-33,36H,10H2,1-2H3,(H,34,35)/t20-,21-,22-,23+,24-,27-,29-,30+/m0/s1. The van der Waals surface area contributed by atoms with E-state index in [1.54, 1.807) is 18.2 Å². The van der Waals surface area contributed by atoms with Crippen LogP contribution in [0.4, 0.5) is 0 Å². The van der Waals surface area contributed by atoms with Crippen molar-refractivity contribution in [3.8, 4) is 28.7 Å². The first-order valence-corrected chi connectivity index (χ1v) is 13.3. The molecule has 3 aliphatic rings. The predicted molar refractivity (Wildman–Crippen MR) is 143 cm³/mol. The van der Waals surface area contributed by atoms with Crippen LogP contribution in [-0.2, 0) is 16.0 Å². The van der Waals surface area contributed by atoms with Crippen LogP contribution in [0.3, 0.4) is 0 Å². The second-order valence-electron chi connectivity index (χ2n) is 10.3. The molecule has 1 saturated heterocycles. The molecule has 1 fully saturated rings. The van der Waals surface area contributed by atoms with Crippen molar-refractivity contribution in [2.45, 2.75) is 55.4 Å². The third-order valence-electron chi connectivity index (χ3n) is 7.81. The number of rotatable bonds is 7. The zero-order valence-corrected chi connectivity index (χ0v) is 22.6. The van der Waals surface area contributed by atoms with Gasteiger partial charge in [-0.1, -0.05) is 36.4 Å². The van der Waals surface area contributed by atoms with Crippen LogP contribution in [0.25, 0.3) is 0 Å². The number of aliphatic hydroxyl groups is 4. The lowest BCUT2D eigenvalue weighted by Crippen LogP contribution is -2.61. The maximum absolute atomic E-state index is 11.6. The molecule has 0 spiro atoms. The quantitative estimate of drug-likeness (QED) is 0.272. The Morgan fingerprint density at radius 3 is 2.31 bits per heavy atom. The van der Waals surface area contributed by atoms with Gasteiger partial charge in [0.05, 0.1) is 20.1 Å². The summed E-state index contributed by atoms with van der Waals surface area (Å²) in [5.41, 5.74) is 2.82. The van der Waals surface area contributed by atoms with Crippen LogP contribution in [0, 0.1) is 0 Å².